The van der Waals surface area contributed by atoms with Gasteiger partial charge in [-0.25, -0.2) is 8.42 Å². The summed E-state index contributed by atoms with van der Waals surface area (Å²) in [6.45, 7) is 6.96. The molecule has 0 aliphatic rings. The Balaban J connectivity index is 0. The molecule has 0 aromatic heterocycles. The molecule has 0 aromatic rings. The van der Waals surface area contributed by atoms with Gasteiger partial charge in [-0.15, -0.1) is 0 Å². The number of ether oxygens (including phenoxy) is 4. The number of hydrogen-bond donors (Lipinski definition) is 0. The third kappa shape index (κ3) is 14.6. The Hall–Kier alpha value is -0.230. The predicted octanol–water partition coefficient (Wildman–Crippen LogP) is -2.77. The molecule has 0 saturated carbocycles. The third-order valence-corrected chi connectivity index (χ3v) is 3.60. The summed E-state index contributed by atoms with van der Waals surface area (Å²) >= 11 is 0. The van der Waals surface area contributed by atoms with E-state index < -0.39 is 33.7 Å². The van der Waals surface area contributed by atoms with E-state index in [0.29, 0.717) is 0 Å². The van der Waals surface area contributed by atoms with Crippen LogP contribution in [0.4, 0.5) is 0 Å². The Bertz CT molecular complexity index is 491. The normalized spacial score (nSPS) is 12.6. The zero-order chi connectivity index (χ0) is 18.8. The average Bonchev–Trinajstić information content (AvgIpc) is 2.43. The number of esters is 2. The summed E-state index contributed by atoms with van der Waals surface area (Å²) in [5.41, 5.74) is 0. The largest absolute Gasteiger partial charge is 1.00 e. The van der Waals surface area contributed by atoms with Crippen LogP contribution >= 0.6 is 0 Å². The standard InChI is InChI=1S/C14H26O9S.Na/c1-10(2)20-5-7-22-13(15)9-12(24(17,18)19)14(16)23-8-6-21-11(3)4;/h10-12H,5-9H2,1-4H3,(H,17,18,19);/q;+1/p-1. The molecule has 0 radical (unpaired) electrons. The first-order valence-electron chi connectivity index (χ1n) is 7.54. The Kier molecular flexibility index (Phi) is 15.0. The predicted molar refractivity (Wildman–Crippen MR) is 82.2 cm³/mol. The summed E-state index contributed by atoms with van der Waals surface area (Å²) in [6.07, 6.45) is -1.05. The maximum atomic E-state index is 11.7. The Morgan fingerprint density at radius 3 is 1.72 bits per heavy atom. The van der Waals surface area contributed by atoms with Crippen LogP contribution in [0.2, 0.25) is 0 Å². The molecular weight excluding hydrogens is 367 g/mol. The van der Waals surface area contributed by atoms with Crippen molar-refractivity contribution in [1.82, 2.24) is 0 Å². The first kappa shape index (κ1) is 27.0. The van der Waals surface area contributed by atoms with Crippen LogP contribution in [0.1, 0.15) is 34.1 Å². The number of carbonyl (C=O) groups is 2. The number of hydrogen-bond acceptors (Lipinski definition) is 9. The summed E-state index contributed by atoms with van der Waals surface area (Å²) in [4.78, 5) is 23.3. The second kappa shape index (κ2) is 13.9. The number of rotatable bonds is 12. The fraction of sp³-hybridized carbons (Fsp3) is 0.857. The molecule has 142 valence electrons. The molecule has 25 heavy (non-hydrogen) atoms. The smallest absolute Gasteiger partial charge is 0.747 e. The molecule has 0 aliphatic heterocycles. The molecule has 0 bridgehead atoms. The maximum absolute atomic E-state index is 11.7. The van der Waals surface area contributed by atoms with Gasteiger partial charge in [0.15, 0.2) is 5.25 Å². The molecule has 9 nitrogen and oxygen atoms in total. The fourth-order valence-electron chi connectivity index (χ4n) is 1.47. The summed E-state index contributed by atoms with van der Waals surface area (Å²) in [5.74, 6) is -2.30. The van der Waals surface area contributed by atoms with Crippen LogP contribution in [0.15, 0.2) is 0 Å². The fourth-order valence-corrected chi connectivity index (χ4v) is 2.12. The van der Waals surface area contributed by atoms with Gasteiger partial charge in [0.1, 0.15) is 23.3 Å². The van der Waals surface area contributed by atoms with E-state index in [1.165, 1.54) is 0 Å². The Labute approximate surface area is 170 Å². The Morgan fingerprint density at radius 1 is 0.880 bits per heavy atom. The molecule has 0 aliphatic carbocycles. The van der Waals surface area contributed by atoms with Gasteiger partial charge in [0.2, 0.25) is 0 Å². The van der Waals surface area contributed by atoms with Gasteiger partial charge in [0, 0.05) is 0 Å². The zero-order valence-electron chi connectivity index (χ0n) is 15.4. The van der Waals surface area contributed by atoms with Crippen molar-refractivity contribution >= 4 is 22.1 Å². The molecule has 0 fully saturated rings. The first-order valence-corrected chi connectivity index (χ1v) is 9.01. The van der Waals surface area contributed by atoms with Crippen molar-refractivity contribution in [3.05, 3.63) is 0 Å². The zero-order valence-corrected chi connectivity index (χ0v) is 18.2. The van der Waals surface area contributed by atoms with E-state index in [2.05, 4.69) is 4.74 Å². The minimum absolute atomic E-state index is 0. The molecule has 11 heteroatoms. The summed E-state index contributed by atoms with van der Waals surface area (Å²) in [7, 11) is -5.05. The van der Waals surface area contributed by atoms with Crippen molar-refractivity contribution < 1.29 is 71.1 Å². The van der Waals surface area contributed by atoms with E-state index >= 15 is 0 Å². The van der Waals surface area contributed by atoms with E-state index in [1.807, 2.05) is 0 Å². The maximum Gasteiger partial charge on any atom is 1.00 e. The van der Waals surface area contributed by atoms with Gasteiger partial charge in [0.05, 0.1) is 31.8 Å². The van der Waals surface area contributed by atoms with Gasteiger partial charge < -0.3 is 23.5 Å². The summed E-state index contributed by atoms with van der Waals surface area (Å²) in [5, 5.41) is -2.14. The molecule has 0 amide bonds. The molecule has 0 aromatic carbocycles. The first-order chi connectivity index (χ1) is 11.0. The molecule has 1 atom stereocenters. The summed E-state index contributed by atoms with van der Waals surface area (Å²) in [6, 6.07) is 0. The molecule has 1 unspecified atom stereocenters. The second-order valence-electron chi connectivity index (χ2n) is 5.41. The van der Waals surface area contributed by atoms with Gasteiger partial charge in [-0.2, -0.15) is 0 Å². The van der Waals surface area contributed by atoms with Gasteiger partial charge in [-0.05, 0) is 27.7 Å². The van der Waals surface area contributed by atoms with Crippen molar-refractivity contribution in [2.45, 2.75) is 51.6 Å². The number of carbonyl (C=O) groups excluding carboxylic acids is 2. The third-order valence-electron chi connectivity index (χ3n) is 2.54. The summed E-state index contributed by atoms with van der Waals surface area (Å²) < 4.78 is 53.1. The van der Waals surface area contributed by atoms with E-state index in [9.17, 15) is 22.6 Å². The van der Waals surface area contributed by atoms with E-state index in [-0.39, 0.29) is 68.2 Å². The molecule has 0 spiro atoms. The van der Waals surface area contributed by atoms with Crippen LogP contribution < -0.4 is 29.6 Å². The van der Waals surface area contributed by atoms with Gasteiger partial charge in [-0.3, -0.25) is 9.59 Å². The quantitative estimate of drug-likeness (QED) is 0.150. The Morgan fingerprint density at radius 2 is 1.32 bits per heavy atom. The average molecular weight is 392 g/mol. The van der Waals surface area contributed by atoms with Crippen LogP contribution in [-0.2, 0) is 38.7 Å². The van der Waals surface area contributed by atoms with Crippen LogP contribution in [0, 0.1) is 0 Å². The van der Waals surface area contributed by atoms with Crippen molar-refractivity contribution in [3.63, 3.8) is 0 Å². The van der Waals surface area contributed by atoms with Crippen molar-refractivity contribution in [2.24, 2.45) is 0 Å². The van der Waals surface area contributed by atoms with Gasteiger partial charge in [0.25, 0.3) is 0 Å². The minimum Gasteiger partial charge on any atom is -0.747 e. The molecular formula is C14H25NaO9S. The van der Waals surface area contributed by atoms with Crippen molar-refractivity contribution in [3.8, 4) is 0 Å². The van der Waals surface area contributed by atoms with Crippen LogP contribution in [0.5, 0.6) is 0 Å². The van der Waals surface area contributed by atoms with Gasteiger partial charge >= 0.3 is 41.5 Å². The van der Waals surface area contributed by atoms with Crippen LogP contribution in [0.25, 0.3) is 0 Å². The minimum atomic E-state index is -5.05. The van der Waals surface area contributed by atoms with E-state index in [1.54, 1.807) is 27.7 Å². The van der Waals surface area contributed by atoms with Crippen LogP contribution in [-0.4, -0.2) is 68.8 Å². The molecule has 0 heterocycles. The topological polar surface area (TPSA) is 128 Å². The van der Waals surface area contributed by atoms with Crippen molar-refractivity contribution in [2.75, 3.05) is 26.4 Å². The SMILES string of the molecule is CC(C)OCCOC(=O)CC(C(=O)OCCOC(C)C)S(=O)(=O)[O-].[Na+]. The van der Waals surface area contributed by atoms with Crippen LogP contribution in [0.3, 0.4) is 0 Å². The van der Waals surface area contributed by atoms with E-state index in [4.69, 9.17) is 14.2 Å². The van der Waals surface area contributed by atoms with Gasteiger partial charge in [-0.1, -0.05) is 0 Å². The van der Waals surface area contributed by atoms with Crippen molar-refractivity contribution in [1.29, 1.82) is 0 Å². The molecule has 0 N–H and O–H groups in total. The second-order valence-corrected chi connectivity index (χ2v) is 6.97. The molecule has 0 saturated heterocycles. The molecule has 0 rings (SSSR count). The monoisotopic (exact) mass is 392 g/mol. The van der Waals surface area contributed by atoms with E-state index in [0.717, 1.165) is 0 Å².